The van der Waals surface area contributed by atoms with E-state index in [9.17, 15) is 9.59 Å². The van der Waals surface area contributed by atoms with Crippen LogP contribution in [0.1, 0.15) is 20.8 Å². The van der Waals surface area contributed by atoms with Gasteiger partial charge in [-0.25, -0.2) is 4.79 Å². The predicted molar refractivity (Wildman–Crippen MR) is 59.6 cm³/mol. The van der Waals surface area contributed by atoms with Crippen LogP contribution in [-0.2, 0) is 4.79 Å². The maximum atomic E-state index is 11.5. The maximum Gasteiger partial charge on any atom is 0.317 e. The van der Waals surface area contributed by atoms with Gasteiger partial charge < -0.3 is 15.1 Å². The molecule has 15 heavy (non-hydrogen) atoms. The SMILES string of the molecule is CCN(C)C(=O)NCC(=O)N(CC)CC. The van der Waals surface area contributed by atoms with Crippen molar-refractivity contribution >= 4 is 11.9 Å². The van der Waals surface area contributed by atoms with Gasteiger partial charge >= 0.3 is 6.03 Å². The first-order chi connectivity index (χ1) is 7.06. The molecule has 0 aliphatic rings. The van der Waals surface area contributed by atoms with Crippen LogP contribution in [0.15, 0.2) is 0 Å². The molecule has 0 atom stereocenters. The highest BCUT2D eigenvalue weighted by molar-refractivity contribution is 5.83. The lowest BCUT2D eigenvalue weighted by atomic mass is 10.4. The average Bonchev–Trinajstić information content (AvgIpc) is 2.26. The van der Waals surface area contributed by atoms with Crippen molar-refractivity contribution in [3.8, 4) is 0 Å². The first-order valence-corrected chi connectivity index (χ1v) is 5.33. The van der Waals surface area contributed by atoms with Gasteiger partial charge in [-0.1, -0.05) is 0 Å². The number of rotatable bonds is 5. The largest absolute Gasteiger partial charge is 0.342 e. The van der Waals surface area contributed by atoms with Gasteiger partial charge in [-0.15, -0.1) is 0 Å². The molecule has 0 fully saturated rings. The van der Waals surface area contributed by atoms with Crippen LogP contribution in [0.5, 0.6) is 0 Å². The minimum Gasteiger partial charge on any atom is -0.342 e. The normalized spacial score (nSPS) is 9.60. The smallest absolute Gasteiger partial charge is 0.317 e. The fourth-order valence-corrected chi connectivity index (χ4v) is 1.12. The number of likely N-dealkylation sites (N-methyl/N-ethyl adjacent to an activating group) is 1. The zero-order chi connectivity index (χ0) is 11.8. The van der Waals surface area contributed by atoms with E-state index in [2.05, 4.69) is 5.32 Å². The predicted octanol–water partition coefficient (Wildman–Crippen LogP) is 0.516. The molecule has 0 bridgehead atoms. The molecule has 0 aromatic rings. The fourth-order valence-electron chi connectivity index (χ4n) is 1.12. The Morgan fingerprint density at radius 3 is 2.00 bits per heavy atom. The van der Waals surface area contributed by atoms with E-state index in [1.807, 2.05) is 20.8 Å². The van der Waals surface area contributed by atoms with Gasteiger partial charge in [0, 0.05) is 26.7 Å². The Bertz CT molecular complexity index is 215. The third kappa shape index (κ3) is 4.67. The van der Waals surface area contributed by atoms with Gasteiger partial charge in [-0.05, 0) is 20.8 Å². The van der Waals surface area contributed by atoms with E-state index in [1.165, 1.54) is 4.90 Å². The summed E-state index contributed by atoms with van der Waals surface area (Å²) in [6.07, 6.45) is 0. The number of nitrogens with one attached hydrogen (secondary N) is 1. The van der Waals surface area contributed by atoms with E-state index < -0.39 is 0 Å². The lowest BCUT2D eigenvalue weighted by Crippen LogP contribution is -2.44. The molecule has 0 rings (SSSR count). The van der Waals surface area contributed by atoms with E-state index in [1.54, 1.807) is 11.9 Å². The minimum absolute atomic E-state index is 0.0437. The highest BCUT2D eigenvalue weighted by atomic mass is 16.2. The van der Waals surface area contributed by atoms with Crippen LogP contribution in [0.3, 0.4) is 0 Å². The summed E-state index contributed by atoms with van der Waals surface area (Å²) in [6.45, 7) is 7.77. The Hall–Kier alpha value is -1.26. The molecular weight excluding hydrogens is 194 g/mol. The van der Waals surface area contributed by atoms with Gasteiger partial charge in [0.15, 0.2) is 0 Å². The topological polar surface area (TPSA) is 52.7 Å². The van der Waals surface area contributed by atoms with Gasteiger partial charge in [-0.3, -0.25) is 4.79 Å². The molecule has 3 amide bonds. The Kier molecular flexibility index (Phi) is 6.49. The lowest BCUT2D eigenvalue weighted by molar-refractivity contribution is -0.129. The van der Waals surface area contributed by atoms with Crippen molar-refractivity contribution in [3.63, 3.8) is 0 Å². The molecule has 0 aliphatic carbocycles. The van der Waals surface area contributed by atoms with Crippen molar-refractivity contribution < 1.29 is 9.59 Å². The van der Waals surface area contributed by atoms with Crippen LogP contribution in [0.4, 0.5) is 4.79 Å². The summed E-state index contributed by atoms with van der Waals surface area (Å²) in [5.74, 6) is -0.0437. The number of amides is 3. The number of hydrogen-bond acceptors (Lipinski definition) is 2. The van der Waals surface area contributed by atoms with E-state index in [0.29, 0.717) is 19.6 Å². The van der Waals surface area contributed by atoms with Crippen molar-refractivity contribution in [2.45, 2.75) is 20.8 Å². The van der Waals surface area contributed by atoms with Gasteiger partial charge in [0.25, 0.3) is 0 Å². The molecule has 0 aliphatic heterocycles. The van der Waals surface area contributed by atoms with E-state index in [0.717, 1.165) is 0 Å². The van der Waals surface area contributed by atoms with Crippen LogP contribution < -0.4 is 5.32 Å². The second kappa shape index (κ2) is 7.09. The molecule has 1 N–H and O–H groups in total. The Morgan fingerprint density at radius 2 is 1.60 bits per heavy atom. The van der Waals surface area contributed by atoms with E-state index in [4.69, 9.17) is 0 Å². The molecule has 0 heterocycles. The first-order valence-electron chi connectivity index (χ1n) is 5.33. The molecule has 88 valence electrons. The number of nitrogens with zero attached hydrogens (tertiary/aromatic N) is 2. The van der Waals surface area contributed by atoms with Crippen LogP contribution in [-0.4, -0.2) is 55.0 Å². The Balaban J connectivity index is 3.94. The monoisotopic (exact) mass is 215 g/mol. The second-order valence-electron chi connectivity index (χ2n) is 3.24. The molecule has 0 saturated heterocycles. The summed E-state index contributed by atoms with van der Waals surface area (Å²) < 4.78 is 0. The Labute approximate surface area is 91.4 Å². The van der Waals surface area contributed by atoms with Gasteiger partial charge in [-0.2, -0.15) is 0 Å². The molecule has 0 unspecified atom stereocenters. The van der Waals surface area contributed by atoms with Crippen molar-refractivity contribution in [2.24, 2.45) is 0 Å². The zero-order valence-corrected chi connectivity index (χ0v) is 10.0. The molecule has 0 spiro atoms. The summed E-state index contributed by atoms with van der Waals surface area (Å²) >= 11 is 0. The summed E-state index contributed by atoms with van der Waals surface area (Å²) in [4.78, 5) is 26.0. The standard InChI is InChI=1S/C10H21N3O2/c1-5-12(4)10(15)11-8-9(14)13(6-2)7-3/h5-8H2,1-4H3,(H,11,15). The molecule has 0 saturated carbocycles. The number of urea groups is 1. The van der Waals surface area contributed by atoms with Crippen molar-refractivity contribution in [2.75, 3.05) is 33.2 Å². The van der Waals surface area contributed by atoms with Gasteiger partial charge in [0.05, 0.1) is 6.54 Å². The first kappa shape index (κ1) is 13.7. The van der Waals surface area contributed by atoms with E-state index >= 15 is 0 Å². The zero-order valence-electron chi connectivity index (χ0n) is 10.0. The summed E-state index contributed by atoms with van der Waals surface area (Å²) in [5.41, 5.74) is 0. The molecule has 0 radical (unpaired) electrons. The molecule has 0 aromatic heterocycles. The van der Waals surface area contributed by atoms with Gasteiger partial charge in [0.2, 0.25) is 5.91 Å². The quantitative estimate of drug-likeness (QED) is 0.726. The third-order valence-electron chi connectivity index (χ3n) is 2.33. The highest BCUT2D eigenvalue weighted by Gasteiger charge is 2.12. The van der Waals surface area contributed by atoms with Crippen molar-refractivity contribution in [3.05, 3.63) is 0 Å². The third-order valence-corrected chi connectivity index (χ3v) is 2.33. The van der Waals surface area contributed by atoms with Gasteiger partial charge in [0.1, 0.15) is 0 Å². The average molecular weight is 215 g/mol. The summed E-state index contributed by atoms with van der Waals surface area (Å²) in [5, 5.41) is 2.58. The van der Waals surface area contributed by atoms with Crippen molar-refractivity contribution in [1.82, 2.24) is 15.1 Å². The fraction of sp³-hybridized carbons (Fsp3) is 0.800. The number of hydrogen-bond donors (Lipinski definition) is 1. The molecule has 0 aromatic carbocycles. The van der Waals surface area contributed by atoms with Crippen molar-refractivity contribution in [1.29, 1.82) is 0 Å². The van der Waals surface area contributed by atoms with E-state index in [-0.39, 0.29) is 18.5 Å². The molecular formula is C10H21N3O2. The summed E-state index contributed by atoms with van der Waals surface area (Å²) in [6, 6.07) is -0.210. The van der Waals surface area contributed by atoms with Crippen LogP contribution in [0.25, 0.3) is 0 Å². The highest BCUT2D eigenvalue weighted by Crippen LogP contribution is 1.88. The maximum absolute atomic E-state index is 11.5. The second-order valence-corrected chi connectivity index (χ2v) is 3.24. The Morgan fingerprint density at radius 1 is 1.07 bits per heavy atom. The lowest BCUT2D eigenvalue weighted by Gasteiger charge is -2.20. The number of carbonyl (C=O) groups is 2. The molecule has 5 heteroatoms. The summed E-state index contributed by atoms with van der Waals surface area (Å²) in [7, 11) is 1.69. The van der Waals surface area contributed by atoms with Crippen LogP contribution >= 0.6 is 0 Å². The van der Waals surface area contributed by atoms with Crippen LogP contribution in [0.2, 0.25) is 0 Å². The van der Waals surface area contributed by atoms with Crippen LogP contribution in [0, 0.1) is 0 Å². The number of carbonyl (C=O) groups excluding carboxylic acids is 2. The minimum atomic E-state index is -0.210. The molecule has 5 nitrogen and oxygen atoms in total.